The molecule has 2 aromatic heterocycles. The summed E-state index contributed by atoms with van der Waals surface area (Å²) in [5, 5.41) is 3.84. The summed E-state index contributed by atoms with van der Waals surface area (Å²) in [6.45, 7) is 0. The number of carbonyl (C=O) groups excluding carboxylic acids is 1. The molecule has 3 N–H and O–H groups in total. The number of hydrogen-bond donors (Lipinski definition) is 2. The molecule has 0 saturated carbocycles. The highest BCUT2D eigenvalue weighted by Crippen LogP contribution is 2.38. The van der Waals surface area contributed by atoms with Gasteiger partial charge in [0.2, 0.25) is 6.41 Å². The van der Waals surface area contributed by atoms with Crippen LogP contribution in [-0.4, -0.2) is 30.5 Å². The topological polar surface area (TPSA) is 93.4 Å². The molecule has 0 saturated heterocycles. The smallest absolute Gasteiger partial charge is 0.215 e. The molecule has 3 aromatic rings. The van der Waals surface area contributed by atoms with E-state index in [-0.39, 0.29) is 0 Å². The molecule has 0 spiro atoms. The lowest BCUT2D eigenvalue weighted by Gasteiger charge is -2.18. The standard InChI is InChI=1S/C17H17N5O2/c1-19-16-14(7-9-21-17(16)22(2)10-23)24-13-6-5-12(18)15-11(13)4-3-8-20-15/h3-10,19H,18H2,1-2H3. The first-order chi connectivity index (χ1) is 11.7. The number of benzene rings is 1. The summed E-state index contributed by atoms with van der Waals surface area (Å²) in [5.74, 6) is 1.64. The molecule has 0 aliphatic heterocycles. The molecule has 122 valence electrons. The summed E-state index contributed by atoms with van der Waals surface area (Å²) < 4.78 is 6.06. The largest absolute Gasteiger partial charge is 0.454 e. The Labute approximate surface area is 139 Å². The molecule has 0 bridgehead atoms. The SMILES string of the molecule is CNc1c(Oc2ccc(N)c3ncccc23)ccnc1N(C)C=O. The minimum Gasteiger partial charge on any atom is -0.454 e. The van der Waals surface area contributed by atoms with Crippen molar-refractivity contribution >= 4 is 34.5 Å². The second-order valence-corrected chi connectivity index (χ2v) is 5.13. The fourth-order valence-corrected chi connectivity index (χ4v) is 2.45. The minimum atomic E-state index is 0.475. The fourth-order valence-electron chi connectivity index (χ4n) is 2.45. The molecule has 0 radical (unpaired) electrons. The van der Waals surface area contributed by atoms with Gasteiger partial charge >= 0.3 is 0 Å². The zero-order valence-corrected chi connectivity index (χ0v) is 13.4. The van der Waals surface area contributed by atoms with E-state index in [9.17, 15) is 4.79 Å². The molecule has 1 amide bonds. The van der Waals surface area contributed by atoms with Crippen LogP contribution >= 0.6 is 0 Å². The molecule has 0 aliphatic carbocycles. The summed E-state index contributed by atoms with van der Waals surface area (Å²) in [6.07, 6.45) is 3.96. The molecule has 0 atom stereocenters. The maximum Gasteiger partial charge on any atom is 0.215 e. The Morgan fingerprint density at radius 1 is 1.17 bits per heavy atom. The predicted molar refractivity (Wildman–Crippen MR) is 94.5 cm³/mol. The normalized spacial score (nSPS) is 10.4. The number of hydrogen-bond acceptors (Lipinski definition) is 6. The van der Waals surface area contributed by atoms with Crippen LogP contribution in [0.1, 0.15) is 0 Å². The predicted octanol–water partition coefficient (Wildman–Crippen LogP) is 2.64. The van der Waals surface area contributed by atoms with Crippen molar-refractivity contribution in [2.45, 2.75) is 0 Å². The first kappa shape index (κ1) is 15.5. The van der Waals surface area contributed by atoms with Crippen LogP contribution < -0.4 is 20.7 Å². The molecule has 2 heterocycles. The lowest BCUT2D eigenvalue weighted by atomic mass is 10.1. The van der Waals surface area contributed by atoms with E-state index in [2.05, 4.69) is 15.3 Å². The van der Waals surface area contributed by atoms with Crippen molar-refractivity contribution < 1.29 is 9.53 Å². The number of rotatable bonds is 5. The summed E-state index contributed by atoms with van der Waals surface area (Å²) in [6, 6.07) is 9.00. The molecular weight excluding hydrogens is 306 g/mol. The van der Waals surface area contributed by atoms with Gasteiger partial charge in [0.15, 0.2) is 11.6 Å². The molecule has 24 heavy (non-hydrogen) atoms. The van der Waals surface area contributed by atoms with Crippen LogP contribution in [0.5, 0.6) is 11.5 Å². The Morgan fingerprint density at radius 3 is 2.75 bits per heavy atom. The van der Waals surface area contributed by atoms with E-state index < -0.39 is 0 Å². The molecule has 3 rings (SSSR count). The second kappa shape index (κ2) is 6.41. The summed E-state index contributed by atoms with van der Waals surface area (Å²) in [5.41, 5.74) is 7.85. The number of nitrogen functional groups attached to an aromatic ring is 1. The van der Waals surface area contributed by atoms with Crippen molar-refractivity contribution in [2.24, 2.45) is 0 Å². The number of aromatic nitrogens is 2. The monoisotopic (exact) mass is 323 g/mol. The number of amides is 1. The minimum absolute atomic E-state index is 0.475. The molecule has 7 heteroatoms. The van der Waals surface area contributed by atoms with E-state index in [1.54, 1.807) is 44.7 Å². The number of fused-ring (bicyclic) bond motifs is 1. The summed E-state index contributed by atoms with van der Waals surface area (Å²) in [4.78, 5) is 20.9. The molecule has 7 nitrogen and oxygen atoms in total. The fraction of sp³-hybridized carbons (Fsp3) is 0.118. The van der Waals surface area contributed by atoms with E-state index in [4.69, 9.17) is 10.5 Å². The average Bonchev–Trinajstić information content (AvgIpc) is 2.63. The van der Waals surface area contributed by atoms with E-state index in [1.165, 1.54) is 4.90 Å². The van der Waals surface area contributed by atoms with Crippen molar-refractivity contribution in [3.8, 4) is 11.5 Å². The van der Waals surface area contributed by atoms with Crippen molar-refractivity contribution in [1.29, 1.82) is 0 Å². The number of nitrogens with one attached hydrogen (secondary N) is 1. The third kappa shape index (κ3) is 2.67. The number of pyridine rings is 2. The molecule has 0 fully saturated rings. The van der Waals surface area contributed by atoms with E-state index in [0.717, 1.165) is 5.39 Å². The third-order valence-corrected chi connectivity index (χ3v) is 3.62. The van der Waals surface area contributed by atoms with Gasteiger partial charge in [-0.05, 0) is 24.3 Å². The van der Waals surface area contributed by atoms with Crippen LogP contribution in [0.2, 0.25) is 0 Å². The van der Waals surface area contributed by atoms with Crippen molar-refractivity contribution in [2.75, 3.05) is 30.0 Å². The summed E-state index contributed by atoms with van der Waals surface area (Å²) >= 11 is 0. The Balaban J connectivity index is 2.10. The summed E-state index contributed by atoms with van der Waals surface area (Å²) in [7, 11) is 3.37. The van der Waals surface area contributed by atoms with Gasteiger partial charge in [-0.3, -0.25) is 9.78 Å². The van der Waals surface area contributed by atoms with Gasteiger partial charge in [-0.2, -0.15) is 0 Å². The van der Waals surface area contributed by atoms with Gasteiger partial charge in [0.1, 0.15) is 11.4 Å². The quantitative estimate of drug-likeness (QED) is 0.554. The number of nitrogens with two attached hydrogens (primary N) is 1. The van der Waals surface area contributed by atoms with E-state index in [0.29, 0.717) is 40.6 Å². The maximum atomic E-state index is 11.1. The van der Waals surface area contributed by atoms with Gasteiger partial charge in [-0.25, -0.2) is 4.98 Å². The number of nitrogens with zero attached hydrogens (tertiary/aromatic N) is 3. The third-order valence-electron chi connectivity index (χ3n) is 3.62. The zero-order chi connectivity index (χ0) is 17.1. The van der Waals surface area contributed by atoms with Crippen molar-refractivity contribution in [1.82, 2.24) is 9.97 Å². The Morgan fingerprint density at radius 2 is 2.00 bits per heavy atom. The van der Waals surface area contributed by atoms with Crippen LogP contribution in [0, 0.1) is 0 Å². The number of ether oxygens (including phenoxy) is 1. The maximum absolute atomic E-state index is 11.1. The van der Waals surface area contributed by atoms with Gasteiger partial charge < -0.3 is 20.7 Å². The lowest BCUT2D eigenvalue weighted by Crippen LogP contribution is -2.17. The lowest BCUT2D eigenvalue weighted by molar-refractivity contribution is -0.107. The van der Waals surface area contributed by atoms with Gasteiger partial charge in [-0.1, -0.05) is 0 Å². The van der Waals surface area contributed by atoms with E-state index in [1.807, 2.05) is 12.1 Å². The average molecular weight is 323 g/mol. The van der Waals surface area contributed by atoms with Gasteiger partial charge in [0.25, 0.3) is 0 Å². The molecule has 0 aliphatic rings. The first-order valence-electron chi connectivity index (χ1n) is 7.31. The van der Waals surface area contributed by atoms with Gasteiger partial charge in [-0.15, -0.1) is 0 Å². The Bertz CT molecular complexity index is 897. The van der Waals surface area contributed by atoms with Crippen LogP contribution in [-0.2, 0) is 4.79 Å². The van der Waals surface area contributed by atoms with Crippen LogP contribution in [0.15, 0.2) is 42.7 Å². The van der Waals surface area contributed by atoms with Gasteiger partial charge in [0.05, 0.1) is 11.2 Å². The number of carbonyl (C=O) groups is 1. The van der Waals surface area contributed by atoms with Crippen LogP contribution in [0.4, 0.5) is 17.2 Å². The van der Waals surface area contributed by atoms with Crippen LogP contribution in [0.3, 0.4) is 0 Å². The zero-order valence-electron chi connectivity index (χ0n) is 13.4. The highest BCUT2D eigenvalue weighted by Gasteiger charge is 2.15. The first-order valence-corrected chi connectivity index (χ1v) is 7.31. The van der Waals surface area contributed by atoms with E-state index >= 15 is 0 Å². The molecule has 0 unspecified atom stereocenters. The van der Waals surface area contributed by atoms with Crippen molar-refractivity contribution in [3.05, 3.63) is 42.7 Å². The molecule has 1 aromatic carbocycles. The van der Waals surface area contributed by atoms with Crippen LogP contribution in [0.25, 0.3) is 10.9 Å². The highest BCUT2D eigenvalue weighted by molar-refractivity contribution is 5.94. The van der Waals surface area contributed by atoms with Gasteiger partial charge in [0, 0.05) is 37.9 Å². The highest BCUT2D eigenvalue weighted by atomic mass is 16.5. The second-order valence-electron chi connectivity index (χ2n) is 5.13. The number of anilines is 3. The molecular formula is C17H17N5O2. The van der Waals surface area contributed by atoms with Crippen molar-refractivity contribution in [3.63, 3.8) is 0 Å². The Hall–Kier alpha value is -3.35. The Kier molecular flexibility index (Phi) is 4.15.